The number of ether oxygens (including phenoxy) is 1. The van der Waals surface area contributed by atoms with E-state index in [1.165, 1.54) is 16.2 Å². The molecule has 0 aliphatic carbocycles. The van der Waals surface area contributed by atoms with Crippen molar-refractivity contribution in [3.05, 3.63) is 39.9 Å². The number of para-hydroxylation sites is 1. The fourth-order valence-corrected chi connectivity index (χ4v) is 3.81. The number of thiazole rings is 1. The summed E-state index contributed by atoms with van der Waals surface area (Å²) in [5.74, 6) is 0.521. The third-order valence-corrected chi connectivity index (χ3v) is 5.47. The summed E-state index contributed by atoms with van der Waals surface area (Å²) in [4.78, 5) is 21.9. The van der Waals surface area contributed by atoms with Crippen LogP contribution < -0.4 is 10.5 Å². The Morgan fingerprint density at radius 2 is 2.04 bits per heavy atom. The van der Waals surface area contributed by atoms with Gasteiger partial charge in [0, 0.05) is 37.6 Å². The second-order valence-corrected chi connectivity index (χ2v) is 7.46. The van der Waals surface area contributed by atoms with E-state index >= 15 is 0 Å². The number of aromatic nitrogens is 1. The molecule has 0 saturated carbocycles. The van der Waals surface area contributed by atoms with Crippen molar-refractivity contribution < 1.29 is 9.53 Å². The Labute approximate surface area is 156 Å². The number of anilines is 1. The molecule has 1 saturated heterocycles. The maximum Gasteiger partial charge on any atom is 0.260 e. The van der Waals surface area contributed by atoms with Gasteiger partial charge in [-0.1, -0.05) is 23.7 Å². The van der Waals surface area contributed by atoms with Crippen molar-refractivity contribution in [2.24, 2.45) is 0 Å². The number of carbonyl (C=O) groups excluding carboxylic acids is 1. The average molecular weight is 381 g/mol. The fourth-order valence-electron chi connectivity index (χ4n) is 2.75. The van der Waals surface area contributed by atoms with Crippen LogP contribution in [-0.4, -0.2) is 53.5 Å². The summed E-state index contributed by atoms with van der Waals surface area (Å²) in [6, 6.07) is 7.16. The molecule has 0 spiro atoms. The zero-order valence-electron chi connectivity index (χ0n) is 14.1. The number of carbonyl (C=O) groups is 1. The average Bonchev–Trinajstić information content (AvgIpc) is 2.92. The van der Waals surface area contributed by atoms with Gasteiger partial charge in [0.05, 0.1) is 10.7 Å². The lowest BCUT2D eigenvalue weighted by atomic mass is 10.3. The second kappa shape index (κ2) is 8.03. The first-order chi connectivity index (χ1) is 12.0. The van der Waals surface area contributed by atoms with Crippen LogP contribution in [0.4, 0.5) is 5.13 Å². The molecule has 2 aromatic rings. The molecule has 0 bridgehead atoms. The van der Waals surface area contributed by atoms with Crippen LogP contribution in [0.5, 0.6) is 5.75 Å². The van der Waals surface area contributed by atoms with Crippen LogP contribution >= 0.6 is 22.9 Å². The summed E-state index contributed by atoms with van der Waals surface area (Å²) < 4.78 is 5.54. The van der Waals surface area contributed by atoms with E-state index in [1.54, 1.807) is 12.1 Å². The van der Waals surface area contributed by atoms with Crippen molar-refractivity contribution >= 4 is 34.0 Å². The highest BCUT2D eigenvalue weighted by Crippen LogP contribution is 2.24. The molecule has 2 N–H and O–H groups in total. The Morgan fingerprint density at radius 3 is 2.68 bits per heavy atom. The van der Waals surface area contributed by atoms with Crippen LogP contribution in [0.15, 0.2) is 24.3 Å². The third kappa shape index (κ3) is 4.62. The van der Waals surface area contributed by atoms with E-state index in [0.717, 1.165) is 25.3 Å². The zero-order chi connectivity index (χ0) is 17.8. The molecule has 134 valence electrons. The van der Waals surface area contributed by atoms with Crippen LogP contribution in [-0.2, 0) is 11.3 Å². The van der Waals surface area contributed by atoms with Gasteiger partial charge >= 0.3 is 0 Å². The predicted octanol–water partition coefficient (Wildman–Crippen LogP) is 2.41. The van der Waals surface area contributed by atoms with Crippen molar-refractivity contribution in [1.29, 1.82) is 0 Å². The lowest BCUT2D eigenvalue weighted by Crippen LogP contribution is -2.49. The highest BCUT2D eigenvalue weighted by molar-refractivity contribution is 7.15. The van der Waals surface area contributed by atoms with Gasteiger partial charge in [0.25, 0.3) is 5.91 Å². The van der Waals surface area contributed by atoms with E-state index in [2.05, 4.69) is 9.88 Å². The zero-order valence-corrected chi connectivity index (χ0v) is 15.6. The Kier molecular flexibility index (Phi) is 5.78. The predicted molar refractivity (Wildman–Crippen MR) is 100 cm³/mol. The van der Waals surface area contributed by atoms with E-state index in [-0.39, 0.29) is 12.5 Å². The third-order valence-electron chi connectivity index (χ3n) is 4.19. The van der Waals surface area contributed by atoms with Crippen LogP contribution in [0.3, 0.4) is 0 Å². The monoisotopic (exact) mass is 380 g/mol. The molecule has 0 atom stereocenters. The lowest BCUT2D eigenvalue weighted by molar-refractivity contribution is -0.135. The number of amides is 1. The van der Waals surface area contributed by atoms with Gasteiger partial charge < -0.3 is 15.4 Å². The van der Waals surface area contributed by atoms with Crippen LogP contribution in [0.25, 0.3) is 0 Å². The topological polar surface area (TPSA) is 71.7 Å². The first kappa shape index (κ1) is 18.0. The van der Waals surface area contributed by atoms with Crippen LogP contribution in [0.1, 0.15) is 10.6 Å². The molecule has 1 aromatic carbocycles. The largest absolute Gasteiger partial charge is 0.482 e. The molecule has 1 aliphatic rings. The number of rotatable bonds is 5. The number of nitrogen functional groups attached to an aromatic ring is 1. The summed E-state index contributed by atoms with van der Waals surface area (Å²) in [6.45, 7) is 5.86. The molecule has 8 heteroatoms. The standard InChI is InChI=1S/C17H21ClN4O2S/c1-12-15(25-17(19)20-12)10-21-6-8-22(9-7-21)16(23)11-24-14-5-3-2-4-13(14)18/h2-5H,6-11H2,1H3,(H2,19,20). The summed E-state index contributed by atoms with van der Waals surface area (Å²) >= 11 is 7.57. The number of halogens is 1. The Hall–Kier alpha value is -1.83. The highest BCUT2D eigenvalue weighted by Gasteiger charge is 2.22. The molecule has 1 amide bonds. The summed E-state index contributed by atoms with van der Waals surface area (Å²) in [5.41, 5.74) is 6.75. The number of benzene rings is 1. The minimum atomic E-state index is -0.0159. The highest BCUT2D eigenvalue weighted by atomic mass is 35.5. The molecular formula is C17H21ClN4O2S. The van der Waals surface area contributed by atoms with E-state index < -0.39 is 0 Å². The normalized spacial score (nSPS) is 15.4. The maximum atomic E-state index is 12.3. The minimum Gasteiger partial charge on any atom is -0.482 e. The molecule has 3 rings (SSSR count). The molecule has 2 heterocycles. The Bertz CT molecular complexity index is 744. The van der Waals surface area contributed by atoms with Crippen molar-refractivity contribution in [1.82, 2.24) is 14.8 Å². The van der Waals surface area contributed by atoms with Crippen molar-refractivity contribution in [2.75, 3.05) is 38.5 Å². The number of hydrogen-bond acceptors (Lipinski definition) is 6. The maximum absolute atomic E-state index is 12.3. The van der Waals surface area contributed by atoms with Gasteiger partial charge in [-0.3, -0.25) is 9.69 Å². The molecule has 6 nitrogen and oxygen atoms in total. The molecule has 0 unspecified atom stereocenters. The summed E-state index contributed by atoms with van der Waals surface area (Å²) in [6.07, 6.45) is 0. The van der Waals surface area contributed by atoms with Crippen molar-refractivity contribution in [2.45, 2.75) is 13.5 Å². The van der Waals surface area contributed by atoms with Gasteiger partial charge in [-0.05, 0) is 19.1 Å². The van der Waals surface area contributed by atoms with Crippen molar-refractivity contribution in [3.63, 3.8) is 0 Å². The van der Waals surface area contributed by atoms with E-state index in [9.17, 15) is 4.79 Å². The summed E-state index contributed by atoms with van der Waals surface area (Å²) in [7, 11) is 0. The van der Waals surface area contributed by atoms with Gasteiger partial charge in [-0.2, -0.15) is 0 Å². The quantitative estimate of drug-likeness (QED) is 0.862. The minimum absolute atomic E-state index is 0.00815. The molecular weight excluding hydrogens is 360 g/mol. The van der Waals surface area contributed by atoms with E-state index in [4.69, 9.17) is 22.1 Å². The lowest BCUT2D eigenvalue weighted by Gasteiger charge is -2.34. The first-order valence-corrected chi connectivity index (χ1v) is 9.31. The molecule has 1 aromatic heterocycles. The Morgan fingerprint density at radius 1 is 1.32 bits per heavy atom. The molecule has 25 heavy (non-hydrogen) atoms. The van der Waals surface area contributed by atoms with Gasteiger partial charge in [-0.25, -0.2) is 4.98 Å². The SMILES string of the molecule is Cc1nc(N)sc1CN1CCN(C(=O)COc2ccccc2Cl)CC1. The van der Waals surface area contributed by atoms with E-state index in [0.29, 0.717) is 29.0 Å². The van der Waals surface area contributed by atoms with Crippen LogP contribution in [0.2, 0.25) is 5.02 Å². The second-order valence-electron chi connectivity index (χ2n) is 5.94. The molecule has 1 aliphatic heterocycles. The Balaban J connectivity index is 1.46. The van der Waals surface area contributed by atoms with Gasteiger partial charge in [-0.15, -0.1) is 11.3 Å². The number of aryl methyl sites for hydroxylation is 1. The van der Waals surface area contributed by atoms with Gasteiger partial charge in [0.15, 0.2) is 11.7 Å². The van der Waals surface area contributed by atoms with Gasteiger partial charge in [0.1, 0.15) is 5.75 Å². The number of nitrogens with zero attached hydrogens (tertiary/aromatic N) is 3. The smallest absolute Gasteiger partial charge is 0.260 e. The fraction of sp³-hybridized carbons (Fsp3) is 0.412. The molecule has 1 fully saturated rings. The van der Waals surface area contributed by atoms with Crippen LogP contribution in [0, 0.1) is 6.92 Å². The first-order valence-electron chi connectivity index (χ1n) is 8.12. The summed E-state index contributed by atoms with van der Waals surface area (Å²) in [5, 5.41) is 1.12. The number of hydrogen-bond donors (Lipinski definition) is 1. The number of nitrogens with two attached hydrogens (primary N) is 1. The van der Waals surface area contributed by atoms with E-state index in [1.807, 2.05) is 24.0 Å². The number of piperazine rings is 1. The van der Waals surface area contributed by atoms with Crippen molar-refractivity contribution in [3.8, 4) is 5.75 Å². The molecule has 0 radical (unpaired) electrons. The van der Waals surface area contributed by atoms with Gasteiger partial charge in [0.2, 0.25) is 0 Å².